The fraction of sp³-hybridized carbons (Fsp3) is 0.393. The molecule has 0 spiro atoms. The van der Waals surface area contributed by atoms with Crippen molar-refractivity contribution in [2.75, 3.05) is 7.05 Å². The molecule has 0 radical (unpaired) electrons. The van der Waals surface area contributed by atoms with Gasteiger partial charge in [-0.2, -0.15) is 5.10 Å². The average Bonchev–Trinajstić information content (AvgIpc) is 3.24. The summed E-state index contributed by atoms with van der Waals surface area (Å²) in [6.07, 6.45) is -2.51. The Morgan fingerprint density at radius 3 is 2.26 bits per heavy atom. The zero-order chi connectivity index (χ0) is 28.9. The van der Waals surface area contributed by atoms with Crippen LogP contribution in [-0.4, -0.2) is 61.1 Å². The molecule has 1 aromatic heterocycles. The number of carbonyl (C=O) groups is 2. The molecule has 0 fully saturated rings. The number of nitrogens with zero attached hydrogens (tertiary/aromatic N) is 3. The molecule has 39 heavy (non-hydrogen) atoms. The van der Waals surface area contributed by atoms with Gasteiger partial charge in [0.25, 0.3) is 5.91 Å². The van der Waals surface area contributed by atoms with Gasteiger partial charge in [0, 0.05) is 24.8 Å². The van der Waals surface area contributed by atoms with E-state index in [1.54, 1.807) is 0 Å². The van der Waals surface area contributed by atoms with E-state index < -0.39 is 48.0 Å². The highest BCUT2D eigenvalue weighted by Gasteiger charge is 2.28. The minimum Gasteiger partial charge on any atom is -0.481 e. The van der Waals surface area contributed by atoms with Crippen LogP contribution in [0.25, 0.3) is 5.69 Å². The second-order valence-corrected chi connectivity index (χ2v) is 9.84. The molecule has 0 aliphatic rings. The van der Waals surface area contributed by atoms with Crippen molar-refractivity contribution in [2.45, 2.75) is 64.2 Å². The highest BCUT2D eigenvalue weighted by Crippen LogP contribution is 2.29. The van der Waals surface area contributed by atoms with E-state index in [-0.39, 0.29) is 37.4 Å². The van der Waals surface area contributed by atoms with Crippen LogP contribution in [0.5, 0.6) is 0 Å². The first-order valence-corrected chi connectivity index (χ1v) is 12.5. The standard InChI is InChI=1S/C28H32F3N3O5/c1-16(2)26-24(11-9-20(35)13-21(36)14-25(37)38)34(19-7-5-18(29)6-8-19)32-27(26)28(39)33(3)15-17-4-10-22(30)23(31)12-17/h4-8,10,12,16,20-21,35-36H,9,11,13-15H2,1-3H3,(H,37,38). The van der Waals surface area contributed by atoms with Crippen LogP contribution >= 0.6 is 0 Å². The number of carboxylic acids is 1. The molecule has 3 aromatic rings. The fourth-order valence-corrected chi connectivity index (χ4v) is 4.45. The van der Waals surface area contributed by atoms with Crippen LogP contribution in [0.4, 0.5) is 13.2 Å². The molecule has 2 aromatic carbocycles. The molecule has 1 heterocycles. The summed E-state index contributed by atoms with van der Waals surface area (Å²) in [5.41, 5.74) is 2.18. The van der Waals surface area contributed by atoms with Crippen LogP contribution in [0.1, 0.15) is 66.3 Å². The molecule has 3 rings (SSSR count). The summed E-state index contributed by atoms with van der Waals surface area (Å²) in [5.74, 6) is -4.31. The molecule has 1 amide bonds. The third kappa shape index (κ3) is 7.67. The Labute approximate surface area is 224 Å². The topological polar surface area (TPSA) is 116 Å². The van der Waals surface area contributed by atoms with E-state index in [0.717, 1.165) is 12.1 Å². The minimum absolute atomic E-state index is 0.00745. The number of aliphatic carboxylic acids is 1. The Morgan fingerprint density at radius 2 is 1.67 bits per heavy atom. The lowest BCUT2D eigenvalue weighted by Gasteiger charge is -2.18. The van der Waals surface area contributed by atoms with Crippen molar-refractivity contribution in [1.29, 1.82) is 0 Å². The molecule has 3 N–H and O–H groups in total. The third-order valence-electron chi connectivity index (χ3n) is 6.29. The van der Waals surface area contributed by atoms with Gasteiger partial charge in [0.1, 0.15) is 5.82 Å². The molecule has 210 valence electrons. The van der Waals surface area contributed by atoms with Crippen molar-refractivity contribution >= 4 is 11.9 Å². The van der Waals surface area contributed by atoms with Gasteiger partial charge in [-0.25, -0.2) is 17.9 Å². The van der Waals surface area contributed by atoms with Crippen LogP contribution in [0.2, 0.25) is 0 Å². The monoisotopic (exact) mass is 547 g/mol. The minimum atomic E-state index is -1.22. The molecule has 0 saturated heterocycles. The number of amides is 1. The van der Waals surface area contributed by atoms with Gasteiger partial charge in [-0.3, -0.25) is 9.59 Å². The van der Waals surface area contributed by atoms with Gasteiger partial charge in [-0.05, 0) is 67.1 Å². The Balaban J connectivity index is 1.96. The quantitative estimate of drug-likeness (QED) is 0.313. The number of benzene rings is 2. The SMILES string of the molecule is CC(C)c1c(C(=O)N(C)Cc2ccc(F)c(F)c2)nn(-c2ccc(F)cc2)c1CCC(O)CC(O)CC(=O)O. The molecule has 2 atom stereocenters. The summed E-state index contributed by atoms with van der Waals surface area (Å²) in [5, 5.41) is 33.8. The van der Waals surface area contributed by atoms with Gasteiger partial charge < -0.3 is 20.2 Å². The first-order chi connectivity index (χ1) is 18.4. The van der Waals surface area contributed by atoms with E-state index in [1.807, 2.05) is 13.8 Å². The van der Waals surface area contributed by atoms with Crippen molar-refractivity contribution in [3.8, 4) is 5.69 Å². The zero-order valence-electron chi connectivity index (χ0n) is 21.9. The van der Waals surface area contributed by atoms with Gasteiger partial charge in [0.2, 0.25) is 0 Å². The predicted octanol–water partition coefficient (Wildman–Crippen LogP) is 4.20. The van der Waals surface area contributed by atoms with Gasteiger partial charge in [0.15, 0.2) is 17.3 Å². The molecule has 8 nitrogen and oxygen atoms in total. The average molecular weight is 548 g/mol. The lowest BCUT2D eigenvalue weighted by molar-refractivity contribution is -0.139. The maximum atomic E-state index is 13.7. The number of aliphatic hydroxyl groups is 2. The van der Waals surface area contributed by atoms with E-state index in [0.29, 0.717) is 22.5 Å². The van der Waals surface area contributed by atoms with Crippen LogP contribution in [0.3, 0.4) is 0 Å². The third-order valence-corrected chi connectivity index (χ3v) is 6.29. The summed E-state index contributed by atoms with van der Waals surface area (Å²) in [6, 6.07) is 8.90. The Bertz CT molecular complexity index is 1310. The molecular formula is C28H32F3N3O5. The lowest BCUT2D eigenvalue weighted by atomic mass is 9.95. The lowest BCUT2D eigenvalue weighted by Crippen LogP contribution is -2.28. The first-order valence-electron chi connectivity index (χ1n) is 12.5. The summed E-state index contributed by atoms with van der Waals surface area (Å²) in [6.45, 7) is 3.73. The maximum absolute atomic E-state index is 13.7. The van der Waals surface area contributed by atoms with Crippen molar-refractivity contribution in [3.05, 3.63) is 82.4 Å². The largest absolute Gasteiger partial charge is 0.481 e. The summed E-state index contributed by atoms with van der Waals surface area (Å²) in [4.78, 5) is 25.7. The van der Waals surface area contributed by atoms with E-state index in [9.17, 15) is 33.0 Å². The molecular weight excluding hydrogens is 515 g/mol. The van der Waals surface area contributed by atoms with Crippen LogP contribution in [0.15, 0.2) is 42.5 Å². The fourth-order valence-electron chi connectivity index (χ4n) is 4.45. The van der Waals surface area contributed by atoms with Gasteiger partial charge in [-0.1, -0.05) is 19.9 Å². The maximum Gasteiger partial charge on any atom is 0.305 e. The van der Waals surface area contributed by atoms with Gasteiger partial charge >= 0.3 is 5.97 Å². The van der Waals surface area contributed by atoms with E-state index in [1.165, 1.54) is 47.0 Å². The Morgan fingerprint density at radius 1 is 1.00 bits per heavy atom. The molecule has 0 bridgehead atoms. The van der Waals surface area contributed by atoms with E-state index in [4.69, 9.17) is 5.11 Å². The number of carboxylic acid groups (broad SMARTS) is 1. The smallest absolute Gasteiger partial charge is 0.305 e. The van der Waals surface area contributed by atoms with Gasteiger partial charge in [0.05, 0.1) is 24.3 Å². The van der Waals surface area contributed by atoms with Crippen molar-refractivity contribution < 1.29 is 38.1 Å². The van der Waals surface area contributed by atoms with Crippen LogP contribution in [0, 0.1) is 17.5 Å². The molecule has 0 aliphatic heterocycles. The highest BCUT2D eigenvalue weighted by atomic mass is 19.2. The van der Waals surface area contributed by atoms with Gasteiger partial charge in [-0.15, -0.1) is 0 Å². The zero-order valence-corrected chi connectivity index (χ0v) is 21.9. The Kier molecular flexibility index (Phi) is 9.87. The van der Waals surface area contributed by atoms with Crippen molar-refractivity contribution in [1.82, 2.24) is 14.7 Å². The molecule has 0 saturated carbocycles. The van der Waals surface area contributed by atoms with Crippen LogP contribution < -0.4 is 0 Å². The normalized spacial score (nSPS) is 12.9. The number of hydrogen-bond acceptors (Lipinski definition) is 5. The number of aromatic nitrogens is 2. The van der Waals surface area contributed by atoms with Crippen LogP contribution in [-0.2, 0) is 17.8 Å². The number of aliphatic hydroxyl groups excluding tert-OH is 2. The second kappa shape index (κ2) is 12.9. The molecule has 0 aliphatic carbocycles. The molecule has 11 heteroatoms. The second-order valence-electron chi connectivity index (χ2n) is 9.84. The van der Waals surface area contributed by atoms with E-state index >= 15 is 0 Å². The Hall–Kier alpha value is -3.70. The number of carbonyl (C=O) groups excluding carboxylic acids is 1. The van der Waals surface area contributed by atoms with Crippen molar-refractivity contribution in [2.24, 2.45) is 0 Å². The summed E-state index contributed by atoms with van der Waals surface area (Å²) in [7, 11) is 1.51. The number of rotatable bonds is 12. The summed E-state index contributed by atoms with van der Waals surface area (Å²) >= 11 is 0. The predicted molar refractivity (Wildman–Crippen MR) is 137 cm³/mol. The van der Waals surface area contributed by atoms with Crippen molar-refractivity contribution in [3.63, 3.8) is 0 Å². The highest BCUT2D eigenvalue weighted by molar-refractivity contribution is 5.94. The number of hydrogen-bond donors (Lipinski definition) is 3. The number of halogens is 3. The first kappa shape index (κ1) is 29.9. The molecule has 2 unspecified atom stereocenters. The van der Waals surface area contributed by atoms with E-state index in [2.05, 4.69) is 5.10 Å². The summed E-state index contributed by atoms with van der Waals surface area (Å²) < 4.78 is 42.2.